The van der Waals surface area contributed by atoms with E-state index in [-0.39, 0.29) is 30.7 Å². The normalized spacial score (nSPS) is 18.5. The molecule has 8 heteroatoms. The third kappa shape index (κ3) is 4.14. The van der Waals surface area contributed by atoms with Crippen LogP contribution in [0.1, 0.15) is 28.9 Å². The average Bonchev–Trinajstić information content (AvgIpc) is 3.26. The summed E-state index contributed by atoms with van der Waals surface area (Å²) in [6.45, 7) is 3.95. The van der Waals surface area contributed by atoms with E-state index in [1.165, 1.54) is 17.8 Å². The first-order valence-electron chi connectivity index (χ1n) is 8.13. The molecule has 2 fully saturated rings. The number of nitrogens with zero attached hydrogens (tertiary/aromatic N) is 3. The first-order valence-corrected chi connectivity index (χ1v) is 8.95. The van der Waals surface area contributed by atoms with Crippen LogP contribution in [0.5, 0.6) is 0 Å². The smallest absolute Gasteiger partial charge is 0.265 e. The average molecular weight is 401 g/mol. The van der Waals surface area contributed by atoms with Crippen LogP contribution in [0.4, 0.5) is 0 Å². The zero-order valence-electron chi connectivity index (χ0n) is 13.8. The Hall–Kier alpha value is -1.21. The van der Waals surface area contributed by atoms with Gasteiger partial charge in [-0.3, -0.25) is 9.78 Å². The Morgan fingerprint density at radius 1 is 1.16 bits per heavy atom. The third-order valence-corrected chi connectivity index (χ3v) is 6.05. The number of piperidine rings is 1. The third-order valence-electron chi connectivity index (χ3n) is 5.04. The number of rotatable bonds is 2. The quantitative estimate of drug-likeness (QED) is 0.839. The van der Waals surface area contributed by atoms with Crippen molar-refractivity contribution in [2.45, 2.75) is 19.3 Å². The molecule has 2 saturated heterocycles. The predicted molar refractivity (Wildman–Crippen MR) is 105 cm³/mol. The van der Waals surface area contributed by atoms with Gasteiger partial charge in [-0.15, -0.1) is 36.2 Å². The Bertz CT molecular complexity index is 694. The van der Waals surface area contributed by atoms with E-state index in [1.807, 2.05) is 23.1 Å². The van der Waals surface area contributed by atoms with Crippen LogP contribution in [0, 0.1) is 5.41 Å². The molecule has 0 aliphatic carbocycles. The van der Waals surface area contributed by atoms with Gasteiger partial charge in [0, 0.05) is 25.8 Å². The standard InChI is InChI=1S/C17H20N4OS.2ClH/c22-16(21-9-5-17(6-10-21)4-8-18-12-17)14-11-20-15(23-14)13-3-1-2-7-19-13;;/h1-3,7,11,18H,4-6,8-10,12H2;2*1H. The minimum Gasteiger partial charge on any atom is -0.338 e. The number of carbonyl (C=O) groups excluding carboxylic acids is 1. The highest BCUT2D eigenvalue weighted by molar-refractivity contribution is 7.16. The molecule has 1 spiro atoms. The van der Waals surface area contributed by atoms with Gasteiger partial charge in [-0.25, -0.2) is 4.98 Å². The zero-order chi connectivity index (χ0) is 15.7. The molecular weight excluding hydrogens is 379 g/mol. The number of likely N-dealkylation sites (tertiary alicyclic amines) is 1. The van der Waals surface area contributed by atoms with Crippen LogP contribution in [0.15, 0.2) is 30.6 Å². The highest BCUT2D eigenvalue weighted by Gasteiger charge is 2.38. The largest absolute Gasteiger partial charge is 0.338 e. The SMILES string of the molecule is Cl.Cl.O=C(c1cnc(-c2ccccn2)s1)N1CCC2(CCNC2)CC1. The van der Waals surface area contributed by atoms with Crippen LogP contribution < -0.4 is 5.32 Å². The molecule has 0 aromatic carbocycles. The summed E-state index contributed by atoms with van der Waals surface area (Å²) in [6.07, 6.45) is 6.91. The van der Waals surface area contributed by atoms with Gasteiger partial charge in [0.25, 0.3) is 5.91 Å². The Labute approximate surface area is 164 Å². The van der Waals surface area contributed by atoms with Crippen LogP contribution in [0.25, 0.3) is 10.7 Å². The number of amides is 1. The van der Waals surface area contributed by atoms with Gasteiger partial charge >= 0.3 is 0 Å². The van der Waals surface area contributed by atoms with E-state index in [0.717, 1.165) is 49.7 Å². The Kier molecular flexibility index (Phi) is 6.79. The second kappa shape index (κ2) is 8.45. The lowest BCUT2D eigenvalue weighted by Gasteiger charge is -2.38. The molecule has 0 radical (unpaired) electrons. The summed E-state index contributed by atoms with van der Waals surface area (Å²) in [6, 6.07) is 5.74. The minimum absolute atomic E-state index is 0. The lowest BCUT2D eigenvalue weighted by atomic mass is 9.78. The molecule has 2 aromatic heterocycles. The summed E-state index contributed by atoms with van der Waals surface area (Å²) in [5.41, 5.74) is 1.26. The van der Waals surface area contributed by atoms with Crippen LogP contribution >= 0.6 is 36.2 Å². The number of pyridine rings is 1. The molecule has 0 atom stereocenters. The Morgan fingerprint density at radius 3 is 2.60 bits per heavy atom. The highest BCUT2D eigenvalue weighted by Crippen LogP contribution is 2.37. The fraction of sp³-hybridized carbons (Fsp3) is 0.471. The van der Waals surface area contributed by atoms with Crippen molar-refractivity contribution >= 4 is 42.1 Å². The molecule has 4 heterocycles. The second-order valence-corrected chi connectivity index (χ2v) is 7.49. The van der Waals surface area contributed by atoms with E-state index in [0.29, 0.717) is 10.3 Å². The van der Waals surface area contributed by atoms with Crippen molar-refractivity contribution in [1.82, 2.24) is 20.2 Å². The Balaban J connectivity index is 0.00000113. The summed E-state index contributed by atoms with van der Waals surface area (Å²) in [4.78, 5) is 24.1. The maximum Gasteiger partial charge on any atom is 0.265 e. The molecular formula is C17H22Cl2N4OS. The molecule has 25 heavy (non-hydrogen) atoms. The summed E-state index contributed by atoms with van der Waals surface area (Å²) in [5.74, 6) is 0.116. The van der Waals surface area contributed by atoms with Crippen molar-refractivity contribution in [3.05, 3.63) is 35.5 Å². The van der Waals surface area contributed by atoms with Crippen molar-refractivity contribution in [2.75, 3.05) is 26.2 Å². The molecule has 1 amide bonds. The first kappa shape index (κ1) is 20.1. The lowest BCUT2D eigenvalue weighted by Crippen LogP contribution is -2.43. The number of carbonyl (C=O) groups is 1. The van der Waals surface area contributed by atoms with E-state index in [1.54, 1.807) is 12.4 Å². The molecule has 5 nitrogen and oxygen atoms in total. The molecule has 136 valence electrons. The van der Waals surface area contributed by atoms with Crippen molar-refractivity contribution in [3.8, 4) is 10.7 Å². The molecule has 2 aliphatic heterocycles. The zero-order valence-corrected chi connectivity index (χ0v) is 16.3. The summed E-state index contributed by atoms with van der Waals surface area (Å²) < 4.78 is 0. The number of aromatic nitrogens is 2. The van der Waals surface area contributed by atoms with E-state index in [4.69, 9.17) is 0 Å². The maximum atomic E-state index is 12.7. The summed E-state index contributed by atoms with van der Waals surface area (Å²) in [7, 11) is 0. The molecule has 0 saturated carbocycles. The van der Waals surface area contributed by atoms with E-state index in [9.17, 15) is 4.79 Å². The van der Waals surface area contributed by atoms with Gasteiger partial charge in [-0.05, 0) is 43.4 Å². The first-order chi connectivity index (χ1) is 11.3. The van der Waals surface area contributed by atoms with Crippen LogP contribution in [0.2, 0.25) is 0 Å². The number of thiazole rings is 1. The molecule has 0 unspecified atom stereocenters. The van der Waals surface area contributed by atoms with E-state index < -0.39 is 0 Å². The predicted octanol–water partition coefficient (Wildman–Crippen LogP) is 3.26. The van der Waals surface area contributed by atoms with Crippen molar-refractivity contribution < 1.29 is 4.79 Å². The van der Waals surface area contributed by atoms with E-state index in [2.05, 4.69) is 15.3 Å². The van der Waals surface area contributed by atoms with Gasteiger partial charge in [-0.1, -0.05) is 6.07 Å². The number of nitrogens with one attached hydrogen (secondary N) is 1. The lowest BCUT2D eigenvalue weighted by molar-refractivity contribution is 0.0612. The number of halogens is 2. The maximum absolute atomic E-state index is 12.7. The summed E-state index contributed by atoms with van der Waals surface area (Å²) in [5, 5.41) is 4.27. The molecule has 4 rings (SSSR count). The summed E-state index contributed by atoms with van der Waals surface area (Å²) >= 11 is 1.43. The van der Waals surface area contributed by atoms with Gasteiger partial charge in [0.2, 0.25) is 0 Å². The highest BCUT2D eigenvalue weighted by atomic mass is 35.5. The van der Waals surface area contributed by atoms with Crippen LogP contribution in [-0.2, 0) is 0 Å². The van der Waals surface area contributed by atoms with Gasteiger partial charge in [0.1, 0.15) is 9.88 Å². The van der Waals surface area contributed by atoms with Gasteiger partial charge in [0.15, 0.2) is 0 Å². The van der Waals surface area contributed by atoms with Crippen LogP contribution in [0.3, 0.4) is 0 Å². The molecule has 1 N–H and O–H groups in total. The van der Waals surface area contributed by atoms with Gasteiger partial charge in [0.05, 0.1) is 11.9 Å². The second-order valence-electron chi connectivity index (χ2n) is 6.46. The van der Waals surface area contributed by atoms with Crippen molar-refractivity contribution in [3.63, 3.8) is 0 Å². The topological polar surface area (TPSA) is 58.1 Å². The number of hydrogen-bond donors (Lipinski definition) is 1. The monoisotopic (exact) mass is 400 g/mol. The van der Waals surface area contributed by atoms with Crippen molar-refractivity contribution in [2.24, 2.45) is 5.41 Å². The van der Waals surface area contributed by atoms with Crippen LogP contribution in [-0.4, -0.2) is 47.0 Å². The Morgan fingerprint density at radius 2 is 1.96 bits per heavy atom. The van der Waals surface area contributed by atoms with E-state index >= 15 is 0 Å². The fourth-order valence-corrected chi connectivity index (χ4v) is 4.40. The number of hydrogen-bond acceptors (Lipinski definition) is 5. The molecule has 0 bridgehead atoms. The van der Waals surface area contributed by atoms with Gasteiger partial charge in [-0.2, -0.15) is 0 Å². The fourth-order valence-electron chi connectivity index (χ4n) is 3.54. The molecule has 2 aliphatic rings. The minimum atomic E-state index is 0. The van der Waals surface area contributed by atoms with Gasteiger partial charge < -0.3 is 10.2 Å². The van der Waals surface area contributed by atoms with Crippen molar-refractivity contribution in [1.29, 1.82) is 0 Å². The molecule has 2 aromatic rings.